The maximum Gasteiger partial charge on any atom is 0.416 e. The maximum absolute atomic E-state index is 12.7. The minimum atomic E-state index is -4.42. The molecule has 2 aromatic rings. The summed E-state index contributed by atoms with van der Waals surface area (Å²) in [4.78, 5) is 12.4. The quantitative estimate of drug-likeness (QED) is 0.767. The maximum atomic E-state index is 12.7. The highest BCUT2D eigenvalue weighted by atomic mass is 19.4. The molecule has 4 nitrogen and oxygen atoms in total. The fourth-order valence-electron chi connectivity index (χ4n) is 2.88. The van der Waals surface area contributed by atoms with Gasteiger partial charge >= 0.3 is 6.18 Å². The van der Waals surface area contributed by atoms with Crippen LogP contribution in [0.3, 0.4) is 0 Å². The Labute approximate surface area is 167 Å². The molecule has 1 unspecified atom stereocenters. The number of para-hydroxylation sites is 1. The van der Waals surface area contributed by atoms with E-state index in [-0.39, 0.29) is 24.1 Å². The molecule has 0 radical (unpaired) electrons. The van der Waals surface area contributed by atoms with Crippen LogP contribution in [0, 0.1) is 11.8 Å². The molecule has 1 aliphatic rings. The van der Waals surface area contributed by atoms with Crippen LogP contribution in [0.5, 0.6) is 5.75 Å². The van der Waals surface area contributed by atoms with Crippen LogP contribution in [0.15, 0.2) is 48.5 Å². The van der Waals surface area contributed by atoms with Crippen molar-refractivity contribution in [3.63, 3.8) is 0 Å². The first-order valence-electron chi connectivity index (χ1n) is 9.21. The number of amides is 1. The second-order valence-corrected chi connectivity index (χ2v) is 6.51. The number of nitrogens with one attached hydrogen (secondary N) is 1. The van der Waals surface area contributed by atoms with Crippen molar-refractivity contribution < 1.29 is 27.4 Å². The first kappa shape index (κ1) is 20.7. The Balaban J connectivity index is 1.57. The highest BCUT2D eigenvalue weighted by molar-refractivity contribution is 5.97. The van der Waals surface area contributed by atoms with Crippen molar-refractivity contribution in [3.05, 3.63) is 65.2 Å². The van der Waals surface area contributed by atoms with Gasteiger partial charge < -0.3 is 14.8 Å². The predicted octanol–water partition coefficient (Wildman–Crippen LogP) is 4.04. The van der Waals surface area contributed by atoms with Crippen LogP contribution in [-0.2, 0) is 10.9 Å². The molecule has 0 aromatic heterocycles. The molecule has 2 aromatic carbocycles. The summed E-state index contributed by atoms with van der Waals surface area (Å²) in [5.74, 6) is 5.38. The summed E-state index contributed by atoms with van der Waals surface area (Å²) < 4.78 is 49.4. The normalized spacial score (nSPS) is 16.0. The molecule has 1 saturated heterocycles. The molecule has 0 aliphatic carbocycles. The highest BCUT2D eigenvalue weighted by Gasteiger charge is 2.30. The van der Waals surface area contributed by atoms with Crippen molar-refractivity contribution in [2.45, 2.75) is 25.1 Å². The Bertz CT molecular complexity index is 909. The van der Waals surface area contributed by atoms with Gasteiger partial charge in [-0.05, 0) is 43.2 Å². The molecule has 1 amide bonds. The molecule has 3 rings (SSSR count). The van der Waals surface area contributed by atoms with Gasteiger partial charge in [-0.25, -0.2) is 0 Å². The summed E-state index contributed by atoms with van der Waals surface area (Å²) in [6, 6.07) is 11.6. The molecule has 152 valence electrons. The van der Waals surface area contributed by atoms with E-state index in [9.17, 15) is 18.0 Å². The van der Waals surface area contributed by atoms with Crippen LogP contribution in [0.25, 0.3) is 0 Å². The summed E-state index contributed by atoms with van der Waals surface area (Å²) >= 11 is 0. The van der Waals surface area contributed by atoms with E-state index in [1.54, 1.807) is 24.3 Å². The second-order valence-electron chi connectivity index (χ2n) is 6.51. The smallest absolute Gasteiger partial charge is 0.416 e. The highest BCUT2D eigenvalue weighted by Crippen LogP contribution is 2.29. The molecule has 0 bridgehead atoms. The number of carbonyl (C=O) groups is 1. The summed E-state index contributed by atoms with van der Waals surface area (Å²) in [7, 11) is 0. The molecular formula is C22H20F3NO3. The molecule has 1 heterocycles. The van der Waals surface area contributed by atoms with Gasteiger partial charge in [-0.15, -0.1) is 0 Å². The largest absolute Gasteiger partial charge is 0.490 e. The fraction of sp³-hybridized carbons (Fsp3) is 0.318. The Morgan fingerprint density at radius 2 is 2.03 bits per heavy atom. The molecule has 0 spiro atoms. The zero-order valence-electron chi connectivity index (χ0n) is 15.6. The van der Waals surface area contributed by atoms with Gasteiger partial charge in [0.1, 0.15) is 12.4 Å². The lowest BCUT2D eigenvalue weighted by Gasteiger charge is -2.14. The summed E-state index contributed by atoms with van der Waals surface area (Å²) in [6.07, 6.45) is -2.45. The Kier molecular flexibility index (Phi) is 6.78. The number of benzene rings is 2. The number of rotatable bonds is 5. The molecule has 7 heteroatoms. The summed E-state index contributed by atoms with van der Waals surface area (Å²) in [6.45, 7) is 1.09. The van der Waals surface area contributed by atoms with Crippen molar-refractivity contribution in [1.82, 2.24) is 5.32 Å². The Morgan fingerprint density at radius 3 is 2.79 bits per heavy atom. The van der Waals surface area contributed by atoms with Crippen LogP contribution in [0.4, 0.5) is 13.2 Å². The van der Waals surface area contributed by atoms with Gasteiger partial charge in [0, 0.05) is 12.2 Å². The number of ether oxygens (including phenoxy) is 2. The van der Waals surface area contributed by atoms with Crippen LogP contribution in [0.1, 0.15) is 34.3 Å². The van der Waals surface area contributed by atoms with Crippen molar-refractivity contribution >= 4 is 5.91 Å². The molecular weight excluding hydrogens is 383 g/mol. The van der Waals surface area contributed by atoms with Crippen LogP contribution in [-0.4, -0.2) is 31.8 Å². The third-order valence-electron chi connectivity index (χ3n) is 4.34. The number of halogens is 3. The number of hydrogen-bond acceptors (Lipinski definition) is 3. The molecule has 1 atom stereocenters. The molecule has 29 heavy (non-hydrogen) atoms. The van der Waals surface area contributed by atoms with Crippen molar-refractivity contribution in [1.29, 1.82) is 0 Å². The van der Waals surface area contributed by atoms with Gasteiger partial charge in [0.05, 0.1) is 23.8 Å². The lowest BCUT2D eigenvalue weighted by molar-refractivity contribution is -0.137. The number of carbonyl (C=O) groups excluding carboxylic acids is 1. The van der Waals surface area contributed by atoms with Crippen molar-refractivity contribution in [2.75, 3.05) is 19.8 Å². The third-order valence-corrected chi connectivity index (χ3v) is 4.34. The van der Waals surface area contributed by atoms with E-state index < -0.39 is 11.7 Å². The average molecular weight is 403 g/mol. The lowest BCUT2D eigenvalue weighted by atomic mass is 10.1. The first-order chi connectivity index (χ1) is 13.9. The van der Waals surface area contributed by atoms with E-state index >= 15 is 0 Å². The Morgan fingerprint density at radius 1 is 1.21 bits per heavy atom. The molecule has 1 fully saturated rings. The van der Waals surface area contributed by atoms with Gasteiger partial charge in [0.2, 0.25) is 0 Å². The predicted molar refractivity (Wildman–Crippen MR) is 102 cm³/mol. The van der Waals surface area contributed by atoms with Crippen LogP contribution < -0.4 is 10.1 Å². The minimum absolute atomic E-state index is 0.00481. The van der Waals surface area contributed by atoms with E-state index in [4.69, 9.17) is 9.47 Å². The van der Waals surface area contributed by atoms with Crippen LogP contribution in [0.2, 0.25) is 0 Å². The second kappa shape index (κ2) is 9.48. The van der Waals surface area contributed by atoms with Crippen LogP contribution >= 0.6 is 0 Å². The van der Waals surface area contributed by atoms with Gasteiger partial charge in [0.15, 0.2) is 0 Å². The average Bonchev–Trinajstić information content (AvgIpc) is 3.23. The van der Waals surface area contributed by atoms with E-state index in [1.807, 2.05) is 0 Å². The van der Waals surface area contributed by atoms with Crippen molar-refractivity contribution in [2.24, 2.45) is 0 Å². The zero-order chi connectivity index (χ0) is 20.7. The van der Waals surface area contributed by atoms with E-state index in [0.717, 1.165) is 31.6 Å². The lowest BCUT2D eigenvalue weighted by Crippen LogP contribution is -2.25. The van der Waals surface area contributed by atoms with Crippen molar-refractivity contribution in [3.8, 4) is 17.6 Å². The first-order valence-corrected chi connectivity index (χ1v) is 9.21. The molecule has 0 saturated carbocycles. The summed E-state index contributed by atoms with van der Waals surface area (Å²) in [5.41, 5.74) is -0.161. The SMILES string of the molecule is O=C(NCC#Cc1cccc(C(F)(F)F)c1)c1ccccc1OCC1CCCO1. The Hall–Kier alpha value is -2.98. The standard InChI is InChI=1S/C22H20F3NO3/c23-22(24,25)17-8-3-6-16(14-17)7-4-12-26-21(27)19-10-1-2-11-20(19)29-15-18-9-5-13-28-18/h1-3,6,8,10-11,14,18H,5,9,12-13,15H2,(H,26,27). The fourth-order valence-corrected chi connectivity index (χ4v) is 2.88. The zero-order valence-corrected chi connectivity index (χ0v) is 15.6. The molecule has 1 aliphatic heterocycles. The minimum Gasteiger partial charge on any atom is -0.490 e. The van der Waals surface area contributed by atoms with E-state index in [2.05, 4.69) is 17.2 Å². The van der Waals surface area contributed by atoms with Gasteiger partial charge in [-0.2, -0.15) is 13.2 Å². The number of hydrogen-bond donors (Lipinski definition) is 1. The van der Waals surface area contributed by atoms with E-state index in [1.165, 1.54) is 12.1 Å². The van der Waals surface area contributed by atoms with Gasteiger partial charge in [-0.3, -0.25) is 4.79 Å². The van der Waals surface area contributed by atoms with E-state index in [0.29, 0.717) is 17.9 Å². The monoisotopic (exact) mass is 403 g/mol. The number of alkyl halides is 3. The molecule has 1 N–H and O–H groups in total. The topological polar surface area (TPSA) is 47.6 Å². The third kappa shape index (κ3) is 6.00. The summed E-state index contributed by atoms with van der Waals surface area (Å²) in [5, 5.41) is 2.64. The van der Waals surface area contributed by atoms with Gasteiger partial charge in [0.25, 0.3) is 5.91 Å². The van der Waals surface area contributed by atoms with Gasteiger partial charge in [-0.1, -0.05) is 30.0 Å².